The van der Waals surface area contributed by atoms with Crippen LogP contribution in [0.2, 0.25) is 6.55 Å². The zero-order valence-corrected chi connectivity index (χ0v) is 10.5. The first-order valence-electron chi connectivity index (χ1n) is 5.52. The predicted octanol–water partition coefficient (Wildman–Crippen LogP) is 2.00. The van der Waals surface area contributed by atoms with Gasteiger partial charge >= 0.3 is 0 Å². The second-order valence-electron chi connectivity index (χ2n) is 4.33. The third kappa shape index (κ3) is 1.08. The molecule has 0 aliphatic carbocycles. The van der Waals surface area contributed by atoms with Gasteiger partial charge in [-0.15, -0.1) is 0 Å². The summed E-state index contributed by atoms with van der Waals surface area (Å²) in [4.78, 5) is 0. The number of hydrogen-bond acceptors (Lipinski definition) is 1. The lowest BCUT2D eigenvalue weighted by Gasteiger charge is -2.21. The highest BCUT2D eigenvalue weighted by atomic mass is 28.4. The normalized spacial score (nSPS) is 15.6. The molecule has 0 amide bonds. The molecule has 0 fully saturated rings. The molecule has 0 aromatic heterocycles. The summed E-state index contributed by atoms with van der Waals surface area (Å²) < 4.78 is 5.89. The SMILES string of the molecule is CO[Si]1(C)c2ccccc2-c2ccccc21. The van der Waals surface area contributed by atoms with Gasteiger partial charge in [-0.2, -0.15) is 0 Å². The van der Waals surface area contributed by atoms with Crippen LogP contribution in [0.1, 0.15) is 0 Å². The van der Waals surface area contributed by atoms with E-state index in [0.717, 1.165) is 0 Å². The largest absolute Gasteiger partial charge is 0.411 e. The Bertz CT molecular complexity index is 502. The summed E-state index contributed by atoms with van der Waals surface area (Å²) >= 11 is 0. The highest BCUT2D eigenvalue weighted by Gasteiger charge is 2.42. The molecule has 0 spiro atoms. The molecule has 0 unspecified atom stereocenters. The first-order chi connectivity index (χ1) is 7.77. The van der Waals surface area contributed by atoms with Crippen molar-refractivity contribution in [3.8, 4) is 11.1 Å². The Balaban J connectivity index is 2.39. The van der Waals surface area contributed by atoms with E-state index in [0.29, 0.717) is 0 Å². The van der Waals surface area contributed by atoms with Gasteiger partial charge < -0.3 is 4.43 Å². The molecule has 16 heavy (non-hydrogen) atoms. The summed E-state index contributed by atoms with van der Waals surface area (Å²) in [6.45, 7) is 2.28. The summed E-state index contributed by atoms with van der Waals surface area (Å²) in [7, 11) is -0.0631. The molecular weight excluding hydrogens is 212 g/mol. The number of rotatable bonds is 1. The summed E-state index contributed by atoms with van der Waals surface area (Å²) in [5.74, 6) is 0. The van der Waals surface area contributed by atoms with Crippen LogP contribution in [-0.2, 0) is 4.43 Å². The molecule has 2 aromatic carbocycles. The molecule has 0 N–H and O–H groups in total. The fourth-order valence-electron chi connectivity index (χ4n) is 2.63. The lowest BCUT2D eigenvalue weighted by atomic mass is 10.1. The maximum atomic E-state index is 5.89. The number of hydrogen-bond donors (Lipinski definition) is 0. The van der Waals surface area contributed by atoms with Crippen molar-refractivity contribution in [3.05, 3.63) is 48.5 Å². The van der Waals surface area contributed by atoms with E-state index in [9.17, 15) is 0 Å². The zero-order chi connectivity index (χ0) is 11.2. The van der Waals surface area contributed by atoms with Crippen LogP contribution < -0.4 is 10.4 Å². The van der Waals surface area contributed by atoms with Crippen LogP contribution in [0.3, 0.4) is 0 Å². The van der Waals surface area contributed by atoms with Gasteiger partial charge in [-0.3, -0.25) is 0 Å². The average molecular weight is 226 g/mol. The molecule has 0 bridgehead atoms. The Kier molecular flexibility index (Phi) is 2.03. The van der Waals surface area contributed by atoms with Crippen LogP contribution in [0.15, 0.2) is 48.5 Å². The van der Waals surface area contributed by atoms with Crippen LogP contribution in [0.4, 0.5) is 0 Å². The third-order valence-electron chi connectivity index (χ3n) is 3.58. The Hall–Kier alpha value is -1.38. The Morgan fingerprint density at radius 2 is 1.25 bits per heavy atom. The van der Waals surface area contributed by atoms with Crippen LogP contribution in [0, 0.1) is 0 Å². The van der Waals surface area contributed by atoms with Gasteiger partial charge in [0.15, 0.2) is 0 Å². The van der Waals surface area contributed by atoms with Gasteiger partial charge in [0.1, 0.15) is 0 Å². The minimum Gasteiger partial charge on any atom is -0.411 e. The number of benzene rings is 2. The smallest absolute Gasteiger partial charge is 0.253 e. The predicted molar refractivity (Wildman–Crippen MR) is 69.8 cm³/mol. The molecule has 3 rings (SSSR count). The molecule has 0 atom stereocenters. The van der Waals surface area contributed by atoms with Crippen molar-refractivity contribution < 1.29 is 4.43 Å². The standard InChI is InChI=1S/C14H14OSi/c1-15-16(2)13-9-5-3-7-11(13)12-8-4-6-10-14(12)16/h3-10H,1-2H3. The van der Waals surface area contributed by atoms with Gasteiger partial charge in [0.25, 0.3) is 8.32 Å². The van der Waals surface area contributed by atoms with Crippen molar-refractivity contribution in [3.63, 3.8) is 0 Å². The lowest BCUT2D eigenvalue weighted by Crippen LogP contribution is -2.54. The van der Waals surface area contributed by atoms with Crippen molar-refractivity contribution in [2.75, 3.05) is 7.11 Å². The highest BCUT2D eigenvalue weighted by Crippen LogP contribution is 2.27. The van der Waals surface area contributed by atoms with Crippen LogP contribution >= 0.6 is 0 Å². The minimum atomic E-state index is -1.90. The molecule has 80 valence electrons. The molecule has 2 heteroatoms. The summed E-state index contributed by atoms with van der Waals surface area (Å²) in [6, 6.07) is 17.2. The van der Waals surface area contributed by atoms with Crippen LogP contribution in [-0.4, -0.2) is 15.4 Å². The van der Waals surface area contributed by atoms with Gasteiger partial charge in [-0.25, -0.2) is 0 Å². The van der Waals surface area contributed by atoms with Gasteiger partial charge in [-0.05, 0) is 28.0 Å². The van der Waals surface area contributed by atoms with Crippen molar-refractivity contribution in [2.45, 2.75) is 6.55 Å². The highest BCUT2D eigenvalue weighted by molar-refractivity contribution is 7.00. The minimum absolute atomic E-state index is 1.36. The van der Waals surface area contributed by atoms with E-state index in [1.807, 2.05) is 7.11 Å². The molecule has 0 saturated carbocycles. The van der Waals surface area contributed by atoms with Crippen LogP contribution in [0.5, 0.6) is 0 Å². The van der Waals surface area contributed by atoms with Crippen molar-refractivity contribution in [1.82, 2.24) is 0 Å². The van der Waals surface area contributed by atoms with E-state index in [1.54, 1.807) is 0 Å². The zero-order valence-electron chi connectivity index (χ0n) is 9.53. The topological polar surface area (TPSA) is 9.23 Å². The third-order valence-corrected chi connectivity index (χ3v) is 7.32. The van der Waals surface area contributed by atoms with E-state index in [2.05, 4.69) is 55.1 Å². The second kappa shape index (κ2) is 3.30. The molecule has 0 radical (unpaired) electrons. The summed E-state index contributed by atoms with van der Waals surface area (Å²) in [6.07, 6.45) is 0. The first kappa shape index (κ1) is 9.82. The first-order valence-corrected chi connectivity index (χ1v) is 7.93. The fraction of sp³-hybridized carbons (Fsp3) is 0.143. The Labute approximate surface area is 96.8 Å². The summed E-state index contributed by atoms with van der Waals surface area (Å²) in [5.41, 5.74) is 2.71. The second-order valence-corrected chi connectivity index (χ2v) is 7.88. The van der Waals surface area contributed by atoms with E-state index < -0.39 is 8.32 Å². The Morgan fingerprint density at radius 3 is 1.69 bits per heavy atom. The summed E-state index contributed by atoms with van der Waals surface area (Å²) in [5, 5.41) is 2.80. The van der Waals surface area contributed by atoms with Gasteiger partial charge in [0.2, 0.25) is 0 Å². The maximum absolute atomic E-state index is 5.89. The molecule has 1 aliphatic heterocycles. The van der Waals surface area contributed by atoms with Gasteiger partial charge in [0.05, 0.1) is 0 Å². The van der Waals surface area contributed by atoms with E-state index in [1.165, 1.54) is 21.5 Å². The van der Waals surface area contributed by atoms with E-state index in [4.69, 9.17) is 4.43 Å². The monoisotopic (exact) mass is 226 g/mol. The molecule has 0 saturated heterocycles. The fourth-order valence-corrected chi connectivity index (χ4v) is 5.66. The lowest BCUT2D eigenvalue weighted by molar-refractivity contribution is 0.422. The van der Waals surface area contributed by atoms with E-state index in [-0.39, 0.29) is 0 Å². The average Bonchev–Trinajstić information content (AvgIpc) is 2.62. The Morgan fingerprint density at radius 1 is 0.812 bits per heavy atom. The molecule has 1 nitrogen and oxygen atoms in total. The quantitative estimate of drug-likeness (QED) is 0.676. The molecule has 2 aromatic rings. The molecule has 1 heterocycles. The number of fused-ring (bicyclic) bond motifs is 3. The van der Waals surface area contributed by atoms with Crippen LogP contribution in [0.25, 0.3) is 11.1 Å². The van der Waals surface area contributed by atoms with Crippen molar-refractivity contribution >= 4 is 18.7 Å². The van der Waals surface area contributed by atoms with Crippen molar-refractivity contribution in [2.24, 2.45) is 0 Å². The van der Waals surface area contributed by atoms with Crippen molar-refractivity contribution in [1.29, 1.82) is 0 Å². The van der Waals surface area contributed by atoms with Gasteiger partial charge in [0, 0.05) is 7.11 Å². The van der Waals surface area contributed by atoms with Gasteiger partial charge in [-0.1, -0.05) is 48.5 Å². The maximum Gasteiger partial charge on any atom is 0.253 e. The molecule has 1 aliphatic rings. The van der Waals surface area contributed by atoms with E-state index >= 15 is 0 Å². The molecular formula is C14H14OSi.